The maximum absolute atomic E-state index is 9.30. The van der Waals surface area contributed by atoms with Gasteiger partial charge in [0.1, 0.15) is 5.82 Å². The molecule has 1 N–H and O–H groups in total. The summed E-state index contributed by atoms with van der Waals surface area (Å²) in [6.45, 7) is 1.32. The number of benzene rings is 2. The maximum atomic E-state index is 9.30. The molecule has 0 aliphatic heterocycles. The van der Waals surface area contributed by atoms with E-state index < -0.39 is 0 Å². The molecular weight excluding hydrogens is 262 g/mol. The van der Waals surface area contributed by atoms with Gasteiger partial charge in [0.2, 0.25) is 0 Å². The molecule has 3 rings (SSSR count). The van der Waals surface area contributed by atoms with Crippen molar-refractivity contribution >= 4 is 16.9 Å². The lowest BCUT2D eigenvalue weighted by Gasteiger charge is -2.22. The van der Waals surface area contributed by atoms with Crippen LogP contribution in [0.5, 0.6) is 0 Å². The van der Waals surface area contributed by atoms with Crippen LogP contribution in [0.15, 0.2) is 60.8 Å². The zero-order valence-corrected chi connectivity index (χ0v) is 11.7. The predicted molar refractivity (Wildman–Crippen MR) is 84.1 cm³/mol. The topological polar surface area (TPSA) is 49.2 Å². The van der Waals surface area contributed by atoms with Crippen molar-refractivity contribution in [2.45, 2.75) is 6.54 Å². The van der Waals surface area contributed by atoms with E-state index in [1.54, 1.807) is 6.20 Å². The number of nitrogens with zero attached hydrogens (tertiary/aromatic N) is 3. The van der Waals surface area contributed by atoms with Crippen molar-refractivity contribution < 1.29 is 5.11 Å². The smallest absolute Gasteiger partial charge is 0.148 e. The Morgan fingerprint density at radius 1 is 0.905 bits per heavy atom. The lowest BCUT2D eigenvalue weighted by molar-refractivity contribution is 0.301. The number of para-hydroxylation sites is 2. The number of aliphatic hydroxyl groups is 1. The zero-order valence-electron chi connectivity index (χ0n) is 11.7. The van der Waals surface area contributed by atoms with Gasteiger partial charge in [0, 0.05) is 13.1 Å². The highest BCUT2D eigenvalue weighted by Crippen LogP contribution is 2.17. The predicted octanol–water partition coefficient (Wildman–Crippen LogP) is 2.63. The first-order valence-corrected chi connectivity index (χ1v) is 6.98. The maximum Gasteiger partial charge on any atom is 0.148 e. The minimum Gasteiger partial charge on any atom is -0.395 e. The number of hydrogen-bond donors (Lipinski definition) is 1. The highest BCUT2D eigenvalue weighted by Gasteiger charge is 2.09. The van der Waals surface area contributed by atoms with E-state index in [1.807, 2.05) is 47.4 Å². The average Bonchev–Trinajstić information content (AvgIpc) is 2.55. The van der Waals surface area contributed by atoms with Gasteiger partial charge in [-0.25, -0.2) is 4.98 Å². The molecule has 0 aliphatic carbocycles. The van der Waals surface area contributed by atoms with Crippen molar-refractivity contribution in [2.24, 2.45) is 0 Å². The fraction of sp³-hybridized carbons (Fsp3) is 0.176. The first-order valence-electron chi connectivity index (χ1n) is 6.98. The summed E-state index contributed by atoms with van der Waals surface area (Å²) in [6.07, 6.45) is 1.76. The number of rotatable bonds is 5. The molecule has 4 heteroatoms. The summed E-state index contributed by atoms with van der Waals surface area (Å²) in [5, 5.41) is 9.30. The van der Waals surface area contributed by atoms with Crippen LogP contribution < -0.4 is 4.90 Å². The summed E-state index contributed by atoms with van der Waals surface area (Å²) < 4.78 is 0. The minimum atomic E-state index is 0.0847. The second-order valence-electron chi connectivity index (χ2n) is 4.85. The van der Waals surface area contributed by atoms with Gasteiger partial charge in [-0.15, -0.1) is 0 Å². The summed E-state index contributed by atoms with van der Waals surface area (Å²) in [6, 6.07) is 18.0. The molecular formula is C17H17N3O. The van der Waals surface area contributed by atoms with Gasteiger partial charge in [-0.3, -0.25) is 4.98 Å². The van der Waals surface area contributed by atoms with Gasteiger partial charge >= 0.3 is 0 Å². The number of aliphatic hydroxyl groups excluding tert-OH is 1. The summed E-state index contributed by atoms with van der Waals surface area (Å²) in [5.41, 5.74) is 2.93. The Kier molecular flexibility index (Phi) is 4.07. The Morgan fingerprint density at radius 3 is 2.38 bits per heavy atom. The van der Waals surface area contributed by atoms with Crippen LogP contribution in [0.25, 0.3) is 11.0 Å². The Labute approximate surface area is 123 Å². The van der Waals surface area contributed by atoms with Crippen molar-refractivity contribution in [1.82, 2.24) is 9.97 Å². The quantitative estimate of drug-likeness (QED) is 0.780. The average molecular weight is 279 g/mol. The van der Waals surface area contributed by atoms with Crippen LogP contribution in [0.2, 0.25) is 0 Å². The van der Waals surface area contributed by atoms with Crippen LogP contribution in [0.4, 0.5) is 5.82 Å². The number of hydrogen-bond acceptors (Lipinski definition) is 4. The molecule has 0 radical (unpaired) electrons. The summed E-state index contributed by atoms with van der Waals surface area (Å²) in [4.78, 5) is 11.1. The van der Waals surface area contributed by atoms with Gasteiger partial charge in [0.15, 0.2) is 0 Å². The van der Waals surface area contributed by atoms with Crippen molar-refractivity contribution in [3.63, 3.8) is 0 Å². The summed E-state index contributed by atoms with van der Waals surface area (Å²) >= 11 is 0. The van der Waals surface area contributed by atoms with Crippen LogP contribution in [-0.2, 0) is 6.54 Å². The monoisotopic (exact) mass is 279 g/mol. The highest BCUT2D eigenvalue weighted by atomic mass is 16.3. The fourth-order valence-electron chi connectivity index (χ4n) is 2.30. The van der Waals surface area contributed by atoms with E-state index in [0.717, 1.165) is 16.9 Å². The summed E-state index contributed by atoms with van der Waals surface area (Å²) in [7, 11) is 0. The van der Waals surface area contributed by atoms with E-state index in [-0.39, 0.29) is 6.61 Å². The zero-order chi connectivity index (χ0) is 14.5. The van der Waals surface area contributed by atoms with Gasteiger partial charge in [-0.05, 0) is 17.7 Å². The third kappa shape index (κ3) is 3.17. The third-order valence-corrected chi connectivity index (χ3v) is 3.35. The van der Waals surface area contributed by atoms with Crippen LogP contribution in [0, 0.1) is 0 Å². The Hall–Kier alpha value is -2.46. The molecule has 0 amide bonds. The Morgan fingerprint density at radius 2 is 1.62 bits per heavy atom. The van der Waals surface area contributed by atoms with Gasteiger partial charge in [0.05, 0.1) is 23.8 Å². The second kappa shape index (κ2) is 6.33. The van der Waals surface area contributed by atoms with Crippen LogP contribution >= 0.6 is 0 Å². The first kappa shape index (κ1) is 13.5. The molecule has 0 aliphatic rings. The van der Waals surface area contributed by atoms with Crippen molar-refractivity contribution in [3.8, 4) is 0 Å². The van der Waals surface area contributed by atoms with Crippen LogP contribution in [-0.4, -0.2) is 28.2 Å². The van der Waals surface area contributed by atoms with Gasteiger partial charge in [0.25, 0.3) is 0 Å². The molecule has 0 unspecified atom stereocenters. The molecule has 1 heterocycles. The largest absolute Gasteiger partial charge is 0.395 e. The lowest BCUT2D eigenvalue weighted by atomic mass is 10.2. The number of aromatic nitrogens is 2. The standard InChI is InChI=1S/C17H17N3O/c21-11-10-20(13-14-6-2-1-3-7-14)17-12-18-15-8-4-5-9-16(15)19-17/h1-9,12,21H,10-11,13H2. The Bertz CT molecular complexity index is 715. The SMILES string of the molecule is OCCN(Cc1ccccc1)c1cnc2ccccc2n1. The van der Waals surface area contributed by atoms with E-state index in [2.05, 4.69) is 22.1 Å². The van der Waals surface area contributed by atoms with E-state index in [4.69, 9.17) is 0 Å². The molecule has 0 atom stereocenters. The second-order valence-corrected chi connectivity index (χ2v) is 4.85. The molecule has 21 heavy (non-hydrogen) atoms. The number of fused-ring (bicyclic) bond motifs is 1. The van der Waals surface area contributed by atoms with Gasteiger partial charge in [-0.1, -0.05) is 42.5 Å². The van der Waals surface area contributed by atoms with Crippen molar-refractivity contribution in [1.29, 1.82) is 0 Å². The highest BCUT2D eigenvalue weighted by molar-refractivity contribution is 5.75. The van der Waals surface area contributed by atoms with Crippen LogP contribution in [0.1, 0.15) is 5.56 Å². The van der Waals surface area contributed by atoms with Gasteiger partial charge in [-0.2, -0.15) is 0 Å². The molecule has 2 aromatic carbocycles. The molecule has 0 saturated carbocycles. The Balaban J connectivity index is 1.91. The minimum absolute atomic E-state index is 0.0847. The van der Waals surface area contributed by atoms with E-state index >= 15 is 0 Å². The van der Waals surface area contributed by atoms with Crippen molar-refractivity contribution in [3.05, 3.63) is 66.4 Å². The van der Waals surface area contributed by atoms with Gasteiger partial charge < -0.3 is 10.0 Å². The molecule has 0 bridgehead atoms. The van der Waals surface area contributed by atoms with E-state index in [1.165, 1.54) is 5.56 Å². The molecule has 0 saturated heterocycles. The first-order chi connectivity index (χ1) is 10.4. The molecule has 4 nitrogen and oxygen atoms in total. The summed E-state index contributed by atoms with van der Waals surface area (Å²) in [5.74, 6) is 0.784. The molecule has 106 valence electrons. The normalized spacial score (nSPS) is 10.7. The van der Waals surface area contributed by atoms with E-state index in [9.17, 15) is 5.11 Å². The molecule has 3 aromatic rings. The third-order valence-electron chi connectivity index (χ3n) is 3.35. The van der Waals surface area contributed by atoms with E-state index in [0.29, 0.717) is 13.1 Å². The molecule has 0 spiro atoms. The number of anilines is 1. The molecule has 1 aromatic heterocycles. The molecule has 0 fully saturated rings. The van der Waals surface area contributed by atoms with Crippen LogP contribution in [0.3, 0.4) is 0 Å². The van der Waals surface area contributed by atoms with Crippen molar-refractivity contribution in [2.75, 3.05) is 18.1 Å². The fourth-order valence-corrected chi connectivity index (χ4v) is 2.30. The lowest BCUT2D eigenvalue weighted by Crippen LogP contribution is -2.27.